The van der Waals surface area contributed by atoms with Gasteiger partial charge in [-0.3, -0.25) is 4.90 Å². The van der Waals surface area contributed by atoms with Crippen molar-refractivity contribution in [3.8, 4) is 0 Å². The molecule has 90 valence electrons. The van der Waals surface area contributed by atoms with Gasteiger partial charge in [-0.25, -0.2) is 0 Å². The molecule has 0 aromatic carbocycles. The highest BCUT2D eigenvalue weighted by molar-refractivity contribution is 7.07. The summed E-state index contributed by atoms with van der Waals surface area (Å²) in [6, 6.07) is 3.45. The molecule has 1 aromatic rings. The number of thiophene rings is 1. The third kappa shape index (κ3) is 3.06. The van der Waals surface area contributed by atoms with E-state index in [-0.39, 0.29) is 0 Å². The molecule has 3 heteroatoms. The Morgan fingerprint density at radius 3 is 2.69 bits per heavy atom. The molecule has 1 saturated carbocycles. The molecule has 0 radical (unpaired) electrons. The lowest BCUT2D eigenvalue weighted by molar-refractivity contribution is 0.149. The van der Waals surface area contributed by atoms with Gasteiger partial charge in [0.1, 0.15) is 0 Å². The highest BCUT2D eigenvalue weighted by Crippen LogP contribution is 2.23. The number of nitrogens with zero attached hydrogens (tertiary/aromatic N) is 1. The van der Waals surface area contributed by atoms with Crippen molar-refractivity contribution < 1.29 is 0 Å². The molecule has 0 spiro atoms. The van der Waals surface area contributed by atoms with Crippen molar-refractivity contribution in [3.63, 3.8) is 0 Å². The van der Waals surface area contributed by atoms with Gasteiger partial charge in [0.05, 0.1) is 0 Å². The van der Waals surface area contributed by atoms with Crippen LogP contribution in [0.3, 0.4) is 0 Å². The number of nitrogens with two attached hydrogens (primary N) is 1. The first-order chi connectivity index (χ1) is 7.79. The van der Waals surface area contributed by atoms with E-state index in [9.17, 15) is 0 Å². The van der Waals surface area contributed by atoms with Gasteiger partial charge in [-0.1, -0.05) is 6.92 Å². The van der Waals surface area contributed by atoms with Gasteiger partial charge in [-0.05, 0) is 54.6 Å². The minimum Gasteiger partial charge on any atom is -0.328 e. The van der Waals surface area contributed by atoms with Crippen LogP contribution in [0.5, 0.6) is 0 Å². The average molecular weight is 238 g/mol. The minimum absolute atomic E-state index is 0.455. The summed E-state index contributed by atoms with van der Waals surface area (Å²) < 4.78 is 0. The summed E-state index contributed by atoms with van der Waals surface area (Å²) in [5.41, 5.74) is 7.42. The Labute approximate surface area is 102 Å². The fraction of sp³-hybridized carbons (Fsp3) is 0.692. The van der Waals surface area contributed by atoms with E-state index in [0.29, 0.717) is 6.04 Å². The first-order valence-electron chi connectivity index (χ1n) is 6.30. The van der Waals surface area contributed by atoms with E-state index in [2.05, 4.69) is 28.7 Å². The first-order valence-corrected chi connectivity index (χ1v) is 7.24. The molecule has 2 N–H and O–H groups in total. The Bertz CT molecular complexity index is 289. The van der Waals surface area contributed by atoms with Crippen LogP contribution in [0.1, 0.15) is 38.2 Å². The molecule has 2 rings (SSSR count). The second-order valence-corrected chi connectivity index (χ2v) is 5.54. The van der Waals surface area contributed by atoms with E-state index in [1.54, 1.807) is 11.3 Å². The summed E-state index contributed by atoms with van der Waals surface area (Å²) in [6.45, 7) is 4.52. The van der Waals surface area contributed by atoms with Crippen LogP contribution in [-0.2, 0) is 6.54 Å². The topological polar surface area (TPSA) is 29.3 Å². The van der Waals surface area contributed by atoms with Crippen LogP contribution in [-0.4, -0.2) is 23.5 Å². The van der Waals surface area contributed by atoms with E-state index >= 15 is 0 Å². The highest BCUT2D eigenvalue weighted by atomic mass is 32.1. The van der Waals surface area contributed by atoms with E-state index in [1.165, 1.54) is 31.2 Å². The Hall–Kier alpha value is -0.380. The summed E-state index contributed by atoms with van der Waals surface area (Å²) in [6.07, 6.45) is 4.95. The molecule has 0 atom stereocenters. The van der Waals surface area contributed by atoms with Crippen molar-refractivity contribution in [2.75, 3.05) is 6.54 Å². The normalized spacial score (nSPS) is 26.2. The summed E-state index contributed by atoms with van der Waals surface area (Å²) >= 11 is 1.79. The van der Waals surface area contributed by atoms with Gasteiger partial charge >= 0.3 is 0 Å². The van der Waals surface area contributed by atoms with Gasteiger partial charge in [0, 0.05) is 18.6 Å². The minimum atomic E-state index is 0.455. The molecule has 1 aromatic heterocycles. The lowest BCUT2D eigenvalue weighted by Gasteiger charge is -2.35. The maximum absolute atomic E-state index is 5.96. The van der Waals surface area contributed by atoms with E-state index in [1.807, 2.05) is 0 Å². The van der Waals surface area contributed by atoms with Crippen LogP contribution in [0.25, 0.3) is 0 Å². The quantitative estimate of drug-likeness (QED) is 0.874. The zero-order valence-corrected chi connectivity index (χ0v) is 10.9. The van der Waals surface area contributed by atoms with E-state index in [0.717, 1.165) is 19.1 Å². The van der Waals surface area contributed by atoms with Gasteiger partial charge in [-0.2, -0.15) is 11.3 Å². The van der Waals surface area contributed by atoms with Crippen molar-refractivity contribution >= 4 is 11.3 Å². The van der Waals surface area contributed by atoms with Crippen LogP contribution >= 0.6 is 11.3 Å². The number of rotatable bonds is 4. The molecule has 1 heterocycles. The monoisotopic (exact) mass is 238 g/mol. The van der Waals surface area contributed by atoms with Crippen molar-refractivity contribution in [3.05, 3.63) is 22.4 Å². The Balaban J connectivity index is 1.89. The summed E-state index contributed by atoms with van der Waals surface area (Å²) in [5.74, 6) is 0. The van der Waals surface area contributed by atoms with Gasteiger partial charge in [0.25, 0.3) is 0 Å². The standard InChI is InChI=1S/C13H22N2S/c1-2-15(9-11-7-8-16-10-11)13-5-3-12(14)4-6-13/h7-8,10,12-13H,2-6,9,14H2,1H3. The highest BCUT2D eigenvalue weighted by Gasteiger charge is 2.23. The molecular formula is C13H22N2S. The molecule has 1 aliphatic carbocycles. The predicted octanol–water partition coefficient (Wildman–Crippen LogP) is 2.84. The largest absolute Gasteiger partial charge is 0.328 e. The van der Waals surface area contributed by atoms with Gasteiger partial charge < -0.3 is 5.73 Å². The van der Waals surface area contributed by atoms with E-state index < -0.39 is 0 Å². The van der Waals surface area contributed by atoms with E-state index in [4.69, 9.17) is 5.73 Å². The van der Waals surface area contributed by atoms with Crippen LogP contribution in [0.4, 0.5) is 0 Å². The molecule has 1 aliphatic rings. The van der Waals surface area contributed by atoms with Gasteiger partial charge in [-0.15, -0.1) is 0 Å². The van der Waals surface area contributed by atoms with Crippen LogP contribution in [0.2, 0.25) is 0 Å². The molecule has 0 unspecified atom stereocenters. The fourth-order valence-corrected chi connectivity index (χ4v) is 3.24. The van der Waals surface area contributed by atoms with Crippen LogP contribution in [0.15, 0.2) is 16.8 Å². The first kappa shape index (κ1) is 12.1. The third-order valence-electron chi connectivity index (χ3n) is 3.63. The second kappa shape index (κ2) is 5.80. The molecule has 0 bridgehead atoms. The summed E-state index contributed by atoms with van der Waals surface area (Å²) in [4.78, 5) is 2.61. The van der Waals surface area contributed by atoms with Crippen molar-refractivity contribution in [1.82, 2.24) is 4.90 Å². The Morgan fingerprint density at radius 1 is 1.38 bits per heavy atom. The average Bonchev–Trinajstić information content (AvgIpc) is 2.80. The van der Waals surface area contributed by atoms with Gasteiger partial charge in [0.2, 0.25) is 0 Å². The smallest absolute Gasteiger partial charge is 0.0244 e. The SMILES string of the molecule is CCN(Cc1ccsc1)C1CCC(N)CC1. The molecule has 0 saturated heterocycles. The molecular weight excluding hydrogens is 216 g/mol. The maximum atomic E-state index is 5.96. The molecule has 2 nitrogen and oxygen atoms in total. The third-order valence-corrected chi connectivity index (χ3v) is 4.36. The lowest BCUT2D eigenvalue weighted by Crippen LogP contribution is -2.40. The van der Waals surface area contributed by atoms with Crippen LogP contribution in [0, 0.1) is 0 Å². The van der Waals surface area contributed by atoms with Crippen LogP contribution < -0.4 is 5.73 Å². The summed E-state index contributed by atoms with van der Waals surface area (Å²) in [5, 5.41) is 4.43. The van der Waals surface area contributed by atoms with Crippen molar-refractivity contribution in [1.29, 1.82) is 0 Å². The van der Waals surface area contributed by atoms with Crippen molar-refractivity contribution in [2.45, 2.75) is 51.2 Å². The zero-order chi connectivity index (χ0) is 11.4. The van der Waals surface area contributed by atoms with Gasteiger partial charge in [0.15, 0.2) is 0 Å². The lowest BCUT2D eigenvalue weighted by atomic mass is 9.90. The second-order valence-electron chi connectivity index (χ2n) is 4.76. The fourth-order valence-electron chi connectivity index (χ4n) is 2.58. The predicted molar refractivity (Wildman–Crippen MR) is 70.6 cm³/mol. The molecule has 0 amide bonds. The number of hydrogen-bond acceptors (Lipinski definition) is 3. The van der Waals surface area contributed by atoms with Crippen molar-refractivity contribution in [2.24, 2.45) is 5.73 Å². The molecule has 16 heavy (non-hydrogen) atoms. The summed E-state index contributed by atoms with van der Waals surface area (Å²) in [7, 11) is 0. The number of hydrogen-bond donors (Lipinski definition) is 1. The molecule has 0 aliphatic heterocycles. The zero-order valence-electron chi connectivity index (χ0n) is 10.1. The Morgan fingerprint density at radius 2 is 2.12 bits per heavy atom. The maximum Gasteiger partial charge on any atom is 0.0244 e. The Kier molecular flexibility index (Phi) is 4.38. The molecule has 1 fully saturated rings.